The molecule has 0 atom stereocenters. The van der Waals surface area contributed by atoms with E-state index in [2.05, 4.69) is 0 Å². The molecule has 0 amide bonds. The van der Waals surface area contributed by atoms with Gasteiger partial charge < -0.3 is 19.9 Å². The number of nitrogens with zero attached hydrogens (tertiary/aromatic N) is 1. The normalized spacial score (nSPS) is 10.7. The molecule has 5 rings (SSSR count). The van der Waals surface area contributed by atoms with Crippen LogP contribution in [-0.4, -0.2) is 4.98 Å². The molecule has 0 spiro atoms. The van der Waals surface area contributed by atoms with E-state index in [-0.39, 0.29) is 0 Å². The van der Waals surface area contributed by atoms with Gasteiger partial charge in [0.05, 0.1) is 0 Å². The molecule has 5 nitrogen and oxygen atoms in total. The van der Waals surface area contributed by atoms with Gasteiger partial charge in [-0.25, -0.2) is 0 Å². The number of aromatic nitrogens is 1. The van der Waals surface area contributed by atoms with Crippen molar-refractivity contribution >= 4 is 0 Å². The summed E-state index contributed by atoms with van der Waals surface area (Å²) in [5.41, 5.74) is 12.2. The third-order valence-corrected chi connectivity index (χ3v) is 6.12. The highest BCUT2D eigenvalue weighted by Gasteiger charge is 2.15. The highest BCUT2D eigenvalue weighted by atomic mass is 16.5. The fraction of sp³-hybridized carbons (Fsp3) is 0.121. The molecule has 0 aliphatic rings. The van der Waals surface area contributed by atoms with Crippen molar-refractivity contribution in [1.82, 2.24) is 4.98 Å². The van der Waals surface area contributed by atoms with Crippen molar-refractivity contribution in [2.75, 3.05) is 0 Å². The third kappa shape index (κ3) is 6.58. The first-order chi connectivity index (χ1) is 18.8. The minimum Gasteiger partial charge on any atom is -0.489 e. The van der Waals surface area contributed by atoms with Gasteiger partial charge in [-0.05, 0) is 46.0 Å². The van der Waals surface area contributed by atoms with Gasteiger partial charge in [-0.15, -0.1) is 0 Å². The van der Waals surface area contributed by atoms with Crippen LogP contribution in [0, 0.1) is 0 Å². The van der Waals surface area contributed by atoms with Crippen LogP contribution in [0.25, 0.3) is 11.1 Å². The molecular weight excluding hydrogens is 472 g/mol. The molecule has 2 N–H and O–H groups in total. The fourth-order valence-corrected chi connectivity index (χ4v) is 4.11. The van der Waals surface area contributed by atoms with Gasteiger partial charge in [0.25, 0.3) is 0 Å². The highest BCUT2D eigenvalue weighted by molar-refractivity contribution is 5.73. The Morgan fingerprint density at radius 2 is 1.05 bits per heavy atom. The maximum atomic E-state index is 6.24. The maximum absolute atomic E-state index is 6.24. The van der Waals surface area contributed by atoms with Gasteiger partial charge in [-0.2, -0.15) is 4.98 Å². The van der Waals surface area contributed by atoms with Crippen LogP contribution in [-0.2, 0) is 26.4 Å². The molecule has 0 fully saturated rings. The molecule has 0 saturated heterocycles. The van der Waals surface area contributed by atoms with Gasteiger partial charge in [0.15, 0.2) is 0 Å². The molecule has 190 valence electrons. The molecule has 5 heteroatoms. The lowest BCUT2D eigenvalue weighted by molar-refractivity contribution is 0.268. The summed E-state index contributed by atoms with van der Waals surface area (Å²) in [6.45, 7) is 1.65. The minimum absolute atomic E-state index is 0.349. The predicted molar refractivity (Wildman–Crippen MR) is 150 cm³/mol. The van der Waals surface area contributed by atoms with Crippen molar-refractivity contribution < 1.29 is 14.2 Å². The summed E-state index contributed by atoms with van der Waals surface area (Å²) in [7, 11) is 0. The lowest BCUT2D eigenvalue weighted by atomic mass is 10.00. The van der Waals surface area contributed by atoms with Crippen molar-refractivity contribution in [2.24, 2.45) is 5.73 Å². The third-order valence-electron chi connectivity index (χ3n) is 6.12. The molecule has 0 radical (unpaired) electrons. The summed E-state index contributed by atoms with van der Waals surface area (Å²) in [6, 6.07) is 39.9. The minimum atomic E-state index is 0.349. The van der Waals surface area contributed by atoms with Crippen LogP contribution in [0.4, 0.5) is 0 Å². The maximum Gasteiger partial charge on any atom is 0.225 e. The van der Waals surface area contributed by atoms with E-state index in [1.54, 1.807) is 0 Å². The van der Waals surface area contributed by atoms with Crippen molar-refractivity contribution in [1.29, 1.82) is 0 Å². The van der Waals surface area contributed by atoms with Gasteiger partial charge >= 0.3 is 0 Å². The Bertz CT molecular complexity index is 1440. The topological polar surface area (TPSA) is 66.6 Å². The Morgan fingerprint density at radius 3 is 1.63 bits per heavy atom. The Hall–Kier alpha value is -4.61. The van der Waals surface area contributed by atoms with E-state index >= 15 is 0 Å². The van der Waals surface area contributed by atoms with Crippen LogP contribution in [0.2, 0.25) is 0 Å². The first kappa shape index (κ1) is 25.1. The van der Waals surface area contributed by atoms with Crippen molar-refractivity contribution in [3.8, 4) is 28.6 Å². The zero-order chi connectivity index (χ0) is 26.0. The van der Waals surface area contributed by atoms with E-state index in [1.165, 1.54) is 0 Å². The Morgan fingerprint density at radius 1 is 0.526 bits per heavy atom. The Balaban J connectivity index is 1.40. The summed E-state index contributed by atoms with van der Waals surface area (Å²) in [5.74, 6) is 1.76. The number of hydrogen-bond acceptors (Lipinski definition) is 5. The number of benzene rings is 4. The first-order valence-electron chi connectivity index (χ1n) is 12.6. The summed E-state index contributed by atoms with van der Waals surface area (Å²) < 4.78 is 18.3. The second kappa shape index (κ2) is 12.6. The number of hydrogen-bond donors (Lipinski definition) is 1. The highest BCUT2D eigenvalue weighted by Crippen LogP contribution is 2.35. The van der Waals surface area contributed by atoms with Gasteiger partial charge in [0.2, 0.25) is 11.8 Å². The molecule has 1 heterocycles. The molecule has 4 aromatic carbocycles. The quantitative estimate of drug-likeness (QED) is 0.212. The Kier molecular flexibility index (Phi) is 8.29. The smallest absolute Gasteiger partial charge is 0.225 e. The van der Waals surface area contributed by atoms with Crippen LogP contribution < -0.4 is 19.9 Å². The van der Waals surface area contributed by atoms with Crippen molar-refractivity contribution in [3.63, 3.8) is 0 Å². The Labute approximate surface area is 223 Å². The largest absolute Gasteiger partial charge is 0.489 e. The first-order valence-corrected chi connectivity index (χ1v) is 12.6. The number of nitrogens with two attached hydrogens (primary N) is 1. The van der Waals surface area contributed by atoms with Gasteiger partial charge in [0, 0.05) is 18.2 Å². The van der Waals surface area contributed by atoms with E-state index in [9.17, 15) is 0 Å². The molecule has 5 aromatic rings. The number of ether oxygens (including phenoxy) is 3. The van der Waals surface area contributed by atoms with E-state index < -0.39 is 0 Å². The molecule has 0 unspecified atom stereocenters. The average Bonchev–Trinajstić information content (AvgIpc) is 2.99. The van der Waals surface area contributed by atoms with E-state index in [4.69, 9.17) is 24.9 Å². The molecule has 38 heavy (non-hydrogen) atoms. The lowest BCUT2D eigenvalue weighted by Crippen LogP contribution is -2.05. The lowest BCUT2D eigenvalue weighted by Gasteiger charge is -2.16. The van der Waals surface area contributed by atoms with Gasteiger partial charge in [0.1, 0.15) is 25.6 Å². The van der Waals surface area contributed by atoms with Crippen LogP contribution >= 0.6 is 0 Å². The van der Waals surface area contributed by atoms with Gasteiger partial charge in [-0.3, -0.25) is 0 Å². The summed E-state index contributed by atoms with van der Waals surface area (Å²) in [6.07, 6.45) is 0. The molecular formula is C33H30N2O3. The standard InChI is InChI=1S/C33H30N2O3/c34-21-28-20-29(36-22-25-10-4-1-5-11-25)16-17-30(28)31-18-19-32(37-23-26-12-6-2-7-13-26)35-33(31)38-24-27-14-8-3-9-15-27/h1-20H,21-24,34H2. The SMILES string of the molecule is NCc1cc(OCc2ccccc2)ccc1-c1ccc(OCc2ccccc2)nc1OCc1ccccc1. The zero-order valence-electron chi connectivity index (χ0n) is 21.1. The molecule has 0 bridgehead atoms. The zero-order valence-corrected chi connectivity index (χ0v) is 21.1. The fourth-order valence-electron chi connectivity index (χ4n) is 4.11. The van der Waals surface area contributed by atoms with Crippen LogP contribution in [0.5, 0.6) is 17.5 Å². The van der Waals surface area contributed by atoms with Crippen molar-refractivity contribution in [3.05, 3.63) is 144 Å². The average molecular weight is 503 g/mol. The molecule has 0 saturated carbocycles. The molecule has 0 aliphatic carbocycles. The van der Waals surface area contributed by atoms with Crippen LogP contribution in [0.15, 0.2) is 121 Å². The number of pyridine rings is 1. The van der Waals surface area contributed by atoms with E-state index in [1.807, 2.05) is 121 Å². The summed E-state index contributed by atoms with van der Waals surface area (Å²) in [4.78, 5) is 4.74. The predicted octanol–water partition coefficient (Wildman–Crippen LogP) is 6.94. The molecule has 0 aliphatic heterocycles. The molecule has 1 aromatic heterocycles. The summed E-state index contributed by atoms with van der Waals surface area (Å²) in [5, 5.41) is 0. The van der Waals surface area contributed by atoms with Crippen LogP contribution in [0.1, 0.15) is 22.3 Å². The second-order valence-electron chi connectivity index (χ2n) is 8.85. The second-order valence-corrected chi connectivity index (χ2v) is 8.85. The monoisotopic (exact) mass is 502 g/mol. The van der Waals surface area contributed by atoms with E-state index in [0.717, 1.165) is 39.1 Å². The summed E-state index contributed by atoms with van der Waals surface area (Å²) >= 11 is 0. The van der Waals surface area contributed by atoms with Crippen LogP contribution in [0.3, 0.4) is 0 Å². The van der Waals surface area contributed by atoms with Crippen molar-refractivity contribution in [2.45, 2.75) is 26.4 Å². The number of rotatable bonds is 11. The van der Waals surface area contributed by atoms with E-state index in [0.29, 0.717) is 38.1 Å². The van der Waals surface area contributed by atoms with Gasteiger partial charge in [-0.1, -0.05) is 97.1 Å².